The maximum atomic E-state index is 13.4. The maximum absolute atomic E-state index is 13.4. The van der Waals surface area contributed by atoms with Crippen LogP contribution < -0.4 is 5.32 Å². The van der Waals surface area contributed by atoms with E-state index in [9.17, 15) is 27.2 Å². The highest BCUT2D eigenvalue weighted by Gasteiger charge is 2.35. The number of nitrogens with zero attached hydrogens (tertiary/aromatic N) is 1. The van der Waals surface area contributed by atoms with Gasteiger partial charge in [-0.15, -0.1) is 0 Å². The van der Waals surface area contributed by atoms with E-state index in [-0.39, 0.29) is 25.4 Å². The zero-order valence-electron chi connectivity index (χ0n) is 15.0. The fraction of sp³-hybridized carbons (Fsp3) is 0.300. The summed E-state index contributed by atoms with van der Waals surface area (Å²) in [5.74, 6) is -1.88. The first-order valence-corrected chi connectivity index (χ1v) is 8.64. The number of carbonyl (C=O) groups excluding carboxylic acids is 2. The van der Waals surface area contributed by atoms with Crippen LogP contribution in [0.2, 0.25) is 0 Å². The number of nitrogens with one attached hydrogen (secondary N) is 1. The minimum absolute atomic E-state index is 0.00841. The van der Waals surface area contributed by atoms with E-state index in [4.69, 9.17) is 0 Å². The summed E-state index contributed by atoms with van der Waals surface area (Å²) in [5, 5.41) is 2.62. The van der Waals surface area contributed by atoms with Gasteiger partial charge in [-0.05, 0) is 42.3 Å². The molecule has 0 saturated carbocycles. The minimum atomic E-state index is -4.46. The highest BCUT2D eigenvalue weighted by molar-refractivity contribution is 5.97. The Morgan fingerprint density at radius 2 is 1.96 bits per heavy atom. The highest BCUT2D eigenvalue weighted by Crippen LogP contribution is 2.30. The summed E-state index contributed by atoms with van der Waals surface area (Å²) in [4.78, 5) is 26.0. The smallest absolute Gasteiger partial charge is 0.338 e. The van der Waals surface area contributed by atoms with Crippen LogP contribution in [0.4, 0.5) is 23.2 Å². The number of likely N-dealkylation sites (tertiary alicyclic amines) is 1. The van der Waals surface area contributed by atoms with Gasteiger partial charge in [0.25, 0.3) is 0 Å². The molecule has 1 atom stereocenters. The molecule has 1 N–H and O–H groups in total. The van der Waals surface area contributed by atoms with E-state index >= 15 is 0 Å². The molecule has 0 aromatic heterocycles. The van der Waals surface area contributed by atoms with Crippen LogP contribution in [0.1, 0.15) is 23.1 Å². The maximum Gasteiger partial charge on any atom is 0.416 e. The fourth-order valence-electron chi connectivity index (χ4n) is 3.13. The molecule has 1 unspecified atom stereocenters. The van der Waals surface area contributed by atoms with Crippen molar-refractivity contribution < 1.29 is 27.2 Å². The third kappa shape index (κ3) is 4.49. The molecule has 0 aliphatic carbocycles. The van der Waals surface area contributed by atoms with Crippen molar-refractivity contribution >= 4 is 17.5 Å². The molecule has 1 aliphatic heterocycles. The molecule has 0 bridgehead atoms. The minimum Gasteiger partial charge on any atom is -0.338 e. The molecule has 148 valence electrons. The van der Waals surface area contributed by atoms with Crippen molar-refractivity contribution in [1.29, 1.82) is 0 Å². The number of hydrogen-bond acceptors (Lipinski definition) is 2. The van der Waals surface area contributed by atoms with Crippen LogP contribution in [0.15, 0.2) is 42.5 Å². The number of amides is 2. The molecule has 2 aromatic rings. The molecule has 1 saturated heterocycles. The molecular weight excluding hydrogens is 376 g/mol. The molecule has 0 spiro atoms. The second kappa shape index (κ2) is 7.61. The van der Waals surface area contributed by atoms with Gasteiger partial charge in [-0.2, -0.15) is 13.2 Å². The van der Waals surface area contributed by atoms with Crippen molar-refractivity contribution in [2.24, 2.45) is 5.92 Å². The van der Waals surface area contributed by atoms with E-state index in [1.165, 1.54) is 35.2 Å². The molecule has 1 heterocycles. The highest BCUT2D eigenvalue weighted by atomic mass is 19.4. The van der Waals surface area contributed by atoms with Crippen LogP contribution in [0.3, 0.4) is 0 Å². The topological polar surface area (TPSA) is 49.4 Å². The molecule has 3 rings (SSSR count). The van der Waals surface area contributed by atoms with Crippen LogP contribution in [0.25, 0.3) is 0 Å². The van der Waals surface area contributed by atoms with Gasteiger partial charge in [0.05, 0.1) is 11.5 Å². The van der Waals surface area contributed by atoms with Gasteiger partial charge in [-0.3, -0.25) is 9.59 Å². The molecular formula is C20H18F4N2O2. The Morgan fingerprint density at radius 3 is 2.68 bits per heavy atom. The van der Waals surface area contributed by atoms with Crippen molar-refractivity contribution in [2.75, 3.05) is 11.9 Å². The number of aryl methyl sites for hydroxylation is 1. The Hall–Kier alpha value is -2.90. The quantitative estimate of drug-likeness (QED) is 0.793. The monoisotopic (exact) mass is 394 g/mol. The van der Waals surface area contributed by atoms with Gasteiger partial charge >= 0.3 is 6.18 Å². The number of carbonyl (C=O) groups is 2. The summed E-state index contributed by atoms with van der Waals surface area (Å²) in [6.45, 7) is 1.80. The van der Waals surface area contributed by atoms with E-state index < -0.39 is 29.4 Å². The molecule has 2 amide bonds. The zero-order chi connectivity index (χ0) is 20.5. The van der Waals surface area contributed by atoms with Gasteiger partial charge in [-0.1, -0.05) is 18.2 Å². The van der Waals surface area contributed by atoms with E-state index in [0.717, 1.165) is 12.1 Å². The predicted octanol–water partition coefficient (Wildman–Crippen LogP) is 4.14. The number of benzene rings is 2. The molecule has 28 heavy (non-hydrogen) atoms. The lowest BCUT2D eigenvalue weighted by Gasteiger charge is -2.18. The largest absolute Gasteiger partial charge is 0.416 e. The lowest BCUT2D eigenvalue weighted by atomic mass is 10.1. The SMILES string of the molecule is Cc1ccc(F)cc1NC(=O)C1CC(=O)N(Cc2cccc(C(F)(F)F)c2)C1. The van der Waals surface area contributed by atoms with Crippen molar-refractivity contribution in [3.05, 3.63) is 65.0 Å². The summed E-state index contributed by atoms with van der Waals surface area (Å²) in [6, 6.07) is 8.77. The molecule has 1 aliphatic rings. The van der Waals surface area contributed by atoms with Gasteiger partial charge in [0.2, 0.25) is 11.8 Å². The lowest BCUT2D eigenvalue weighted by molar-refractivity contribution is -0.137. The summed E-state index contributed by atoms with van der Waals surface area (Å²) in [5.41, 5.74) is 0.561. The first-order valence-electron chi connectivity index (χ1n) is 8.64. The molecule has 2 aromatic carbocycles. The van der Waals surface area contributed by atoms with E-state index in [2.05, 4.69) is 5.32 Å². The lowest BCUT2D eigenvalue weighted by Crippen LogP contribution is -2.28. The summed E-state index contributed by atoms with van der Waals surface area (Å²) in [7, 11) is 0. The second-order valence-electron chi connectivity index (χ2n) is 6.82. The van der Waals surface area contributed by atoms with E-state index in [1.54, 1.807) is 6.92 Å². The molecule has 4 nitrogen and oxygen atoms in total. The van der Waals surface area contributed by atoms with Crippen LogP contribution >= 0.6 is 0 Å². The number of alkyl halides is 3. The van der Waals surface area contributed by atoms with Crippen LogP contribution in [0, 0.1) is 18.7 Å². The predicted molar refractivity (Wildman–Crippen MR) is 94.7 cm³/mol. The second-order valence-corrected chi connectivity index (χ2v) is 6.82. The first-order chi connectivity index (χ1) is 13.1. The van der Waals surface area contributed by atoms with Crippen LogP contribution in [-0.4, -0.2) is 23.3 Å². The van der Waals surface area contributed by atoms with Crippen molar-refractivity contribution in [3.63, 3.8) is 0 Å². The Balaban J connectivity index is 1.66. The average Bonchev–Trinajstić information content (AvgIpc) is 2.98. The standard InChI is InChI=1S/C20H18F4N2O2/c1-12-5-6-16(21)9-17(12)25-19(28)14-8-18(27)26(11-14)10-13-3-2-4-15(7-13)20(22,23)24/h2-7,9,14H,8,10-11H2,1H3,(H,25,28). The molecule has 1 fully saturated rings. The first kappa shape index (κ1) is 19.9. The Bertz CT molecular complexity index is 911. The summed E-state index contributed by atoms with van der Waals surface area (Å²) >= 11 is 0. The number of rotatable bonds is 4. The van der Waals surface area contributed by atoms with Gasteiger partial charge < -0.3 is 10.2 Å². The van der Waals surface area contributed by atoms with Crippen molar-refractivity contribution in [1.82, 2.24) is 4.90 Å². The van der Waals surface area contributed by atoms with Crippen LogP contribution in [-0.2, 0) is 22.3 Å². The third-order valence-electron chi connectivity index (χ3n) is 4.67. The van der Waals surface area contributed by atoms with Crippen molar-refractivity contribution in [3.8, 4) is 0 Å². The number of hydrogen-bond donors (Lipinski definition) is 1. The Morgan fingerprint density at radius 1 is 1.21 bits per heavy atom. The Labute approximate surface area is 159 Å². The summed E-state index contributed by atoms with van der Waals surface area (Å²) in [6.07, 6.45) is -4.50. The van der Waals surface area contributed by atoms with Gasteiger partial charge in [0, 0.05) is 25.2 Å². The molecule has 8 heteroatoms. The average molecular weight is 394 g/mol. The van der Waals surface area contributed by atoms with Gasteiger partial charge in [0.1, 0.15) is 5.82 Å². The van der Waals surface area contributed by atoms with Crippen molar-refractivity contribution in [2.45, 2.75) is 26.1 Å². The van der Waals surface area contributed by atoms with Gasteiger partial charge in [0.15, 0.2) is 0 Å². The zero-order valence-corrected chi connectivity index (χ0v) is 15.0. The third-order valence-corrected chi connectivity index (χ3v) is 4.67. The number of anilines is 1. The van der Waals surface area contributed by atoms with E-state index in [1.807, 2.05) is 0 Å². The summed E-state index contributed by atoms with van der Waals surface area (Å²) < 4.78 is 51.9. The van der Waals surface area contributed by atoms with Gasteiger partial charge in [-0.25, -0.2) is 4.39 Å². The number of halogens is 4. The molecule has 0 radical (unpaired) electrons. The van der Waals surface area contributed by atoms with Crippen LogP contribution in [0.5, 0.6) is 0 Å². The fourth-order valence-corrected chi connectivity index (χ4v) is 3.13. The Kier molecular flexibility index (Phi) is 5.40. The van der Waals surface area contributed by atoms with E-state index in [0.29, 0.717) is 16.8 Å². The normalized spacial score (nSPS) is 17.1.